The fourth-order valence-corrected chi connectivity index (χ4v) is 2.09. The van der Waals surface area contributed by atoms with Crippen molar-refractivity contribution in [3.8, 4) is 11.5 Å². The molecule has 2 rings (SSSR count). The van der Waals surface area contributed by atoms with E-state index >= 15 is 0 Å². The Morgan fingerprint density at radius 3 is 2.29 bits per heavy atom. The van der Waals surface area contributed by atoms with Crippen molar-refractivity contribution in [1.82, 2.24) is 0 Å². The summed E-state index contributed by atoms with van der Waals surface area (Å²) >= 11 is 0. The van der Waals surface area contributed by atoms with Gasteiger partial charge in [-0.05, 0) is 35.9 Å². The van der Waals surface area contributed by atoms with Gasteiger partial charge in [0.15, 0.2) is 6.10 Å². The van der Waals surface area contributed by atoms with Crippen LogP contribution in [0, 0.1) is 0 Å². The maximum absolute atomic E-state index is 12.7. The van der Waals surface area contributed by atoms with Crippen molar-refractivity contribution < 1.29 is 32.5 Å². The molecule has 128 valence electrons. The third kappa shape index (κ3) is 4.65. The molecule has 0 amide bonds. The summed E-state index contributed by atoms with van der Waals surface area (Å²) in [6.45, 7) is 0. The van der Waals surface area contributed by atoms with E-state index in [0.29, 0.717) is 5.75 Å². The number of hydrogen-bond acceptors (Lipinski definition) is 3. The zero-order chi connectivity index (χ0) is 17.7. The highest BCUT2D eigenvalue weighted by Gasteiger charge is 2.31. The summed E-state index contributed by atoms with van der Waals surface area (Å²) in [5.41, 5.74) is -0.598. The number of ether oxygens (including phenoxy) is 2. The van der Waals surface area contributed by atoms with E-state index in [4.69, 9.17) is 9.47 Å². The van der Waals surface area contributed by atoms with Crippen molar-refractivity contribution in [3.05, 3.63) is 59.7 Å². The van der Waals surface area contributed by atoms with Crippen molar-refractivity contribution in [2.45, 2.75) is 18.7 Å². The molecule has 0 saturated heterocycles. The van der Waals surface area contributed by atoms with Gasteiger partial charge >= 0.3 is 12.1 Å². The Morgan fingerprint density at radius 1 is 1.12 bits per heavy atom. The van der Waals surface area contributed by atoms with Gasteiger partial charge in [-0.15, -0.1) is 0 Å². The molecule has 0 aromatic heterocycles. The Hall–Kier alpha value is -2.70. The minimum Gasteiger partial charge on any atom is -0.497 e. The van der Waals surface area contributed by atoms with Crippen LogP contribution in [0.3, 0.4) is 0 Å². The first-order valence-electron chi connectivity index (χ1n) is 6.99. The molecule has 0 aliphatic carbocycles. The Bertz CT molecular complexity index is 696. The quantitative estimate of drug-likeness (QED) is 0.869. The molecule has 0 spiro atoms. The van der Waals surface area contributed by atoms with Gasteiger partial charge in [0.1, 0.15) is 11.5 Å². The second-order valence-corrected chi connectivity index (χ2v) is 5.02. The lowest BCUT2D eigenvalue weighted by Crippen LogP contribution is -2.29. The molecule has 0 aliphatic rings. The first-order chi connectivity index (χ1) is 11.3. The minimum absolute atomic E-state index is 0.189. The van der Waals surface area contributed by atoms with Crippen molar-refractivity contribution in [2.24, 2.45) is 0 Å². The highest BCUT2D eigenvalue weighted by atomic mass is 19.4. The smallest absolute Gasteiger partial charge is 0.416 e. The number of aliphatic carboxylic acids is 1. The van der Waals surface area contributed by atoms with Gasteiger partial charge in [0, 0.05) is 6.42 Å². The first kappa shape index (κ1) is 17.7. The topological polar surface area (TPSA) is 55.8 Å². The van der Waals surface area contributed by atoms with Crippen LogP contribution >= 0.6 is 0 Å². The number of methoxy groups -OCH3 is 1. The molecule has 2 aromatic rings. The molecule has 0 bridgehead atoms. The summed E-state index contributed by atoms with van der Waals surface area (Å²) in [5.74, 6) is -0.398. The van der Waals surface area contributed by atoms with E-state index in [2.05, 4.69) is 0 Å². The van der Waals surface area contributed by atoms with Gasteiger partial charge in [0.05, 0.1) is 12.7 Å². The highest BCUT2D eigenvalue weighted by Crippen LogP contribution is 2.30. The molecule has 1 unspecified atom stereocenters. The number of alkyl halides is 3. The molecular weight excluding hydrogens is 325 g/mol. The Balaban J connectivity index is 2.15. The van der Waals surface area contributed by atoms with Crippen LogP contribution in [-0.4, -0.2) is 24.3 Å². The summed E-state index contributed by atoms with van der Waals surface area (Å²) in [5, 5.41) is 9.25. The molecule has 0 saturated carbocycles. The molecule has 0 aliphatic heterocycles. The van der Waals surface area contributed by atoms with Crippen LogP contribution in [-0.2, 0) is 17.4 Å². The van der Waals surface area contributed by atoms with Gasteiger partial charge in [0.2, 0.25) is 0 Å². The van der Waals surface area contributed by atoms with Crippen LogP contribution in [0.2, 0.25) is 0 Å². The summed E-state index contributed by atoms with van der Waals surface area (Å²) in [4.78, 5) is 11.3. The average Bonchev–Trinajstić information content (AvgIpc) is 2.54. The van der Waals surface area contributed by atoms with Crippen LogP contribution in [0.15, 0.2) is 48.5 Å². The van der Waals surface area contributed by atoms with E-state index in [1.54, 1.807) is 12.1 Å². The van der Waals surface area contributed by atoms with Gasteiger partial charge < -0.3 is 14.6 Å². The Labute approximate surface area is 136 Å². The molecule has 1 atom stereocenters. The Morgan fingerprint density at radius 2 is 1.75 bits per heavy atom. The number of carboxylic acid groups (broad SMARTS) is 1. The fraction of sp³-hybridized carbons (Fsp3) is 0.235. The van der Waals surface area contributed by atoms with E-state index in [-0.39, 0.29) is 17.7 Å². The summed E-state index contributed by atoms with van der Waals surface area (Å²) in [7, 11) is 1.49. The maximum atomic E-state index is 12.7. The molecule has 7 heteroatoms. The Kier molecular flexibility index (Phi) is 5.33. The molecule has 0 radical (unpaired) electrons. The summed E-state index contributed by atoms with van der Waals surface area (Å²) in [6.07, 6.45) is -5.97. The minimum atomic E-state index is -4.48. The van der Waals surface area contributed by atoms with E-state index in [1.807, 2.05) is 0 Å². The van der Waals surface area contributed by atoms with E-state index < -0.39 is 23.8 Å². The van der Waals surface area contributed by atoms with Gasteiger partial charge in [-0.3, -0.25) is 0 Å². The van der Waals surface area contributed by atoms with Crippen molar-refractivity contribution in [2.75, 3.05) is 7.11 Å². The zero-order valence-corrected chi connectivity index (χ0v) is 12.7. The van der Waals surface area contributed by atoms with Gasteiger partial charge in [0.25, 0.3) is 0 Å². The number of carboxylic acids is 1. The normalized spacial score (nSPS) is 12.5. The SMILES string of the molecule is COc1ccc(OC(Cc2cccc(C(F)(F)F)c2)C(=O)O)cc1. The summed E-state index contributed by atoms with van der Waals surface area (Å²) in [6, 6.07) is 10.8. The lowest BCUT2D eigenvalue weighted by atomic mass is 10.0. The number of halogens is 3. The molecule has 0 heterocycles. The maximum Gasteiger partial charge on any atom is 0.416 e. The lowest BCUT2D eigenvalue weighted by molar-refractivity contribution is -0.145. The van der Waals surface area contributed by atoms with Crippen molar-refractivity contribution in [1.29, 1.82) is 0 Å². The van der Waals surface area contributed by atoms with E-state index in [9.17, 15) is 23.1 Å². The van der Waals surface area contributed by atoms with Gasteiger partial charge in [-0.2, -0.15) is 13.2 Å². The second-order valence-electron chi connectivity index (χ2n) is 5.02. The third-order valence-electron chi connectivity index (χ3n) is 3.29. The number of benzene rings is 2. The van der Waals surface area contributed by atoms with E-state index in [0.717, 1.165) is 12.1 Å². The van der Waals surface area contributed by atoms with Crippen LogP contribution in [0.5, 0.6) is 11.5 Å². The van der Waals surface area contributed by atoms with Crippen LogP contribution < -0.4 is 9.47 Å². The molecular formula is C17H15F3O4. The lowest BCUT2D eigenvalue weighted by Gasteiger charge is -2.16. The molecule has 24 heavy (non-hydrogen) atoms. The molecule has 2 aromatic carbocycles. The monoisotopic (exact) mass is 340 g/mol. The number of hydrogen-bond donors (Lipinski definition) is 1. The summed E-state index contributed by atoms with van der Waals surface area (Å²) < 4.78 is 48.5. The fourth-order valence-electron chi connectivity index (χ4n) is 2.09. The van der Waals surface area contributed by atoms with Crippen LogP contribution in [0.1, 0.15) is 11.1 Å². The predicted molar refractivity (Wildman–Crippen MR) is 80.2 cm³/mol. The number of carbonyl (C=O) groups is 1. The zero-order valence-electron chi connectivity index (χ0n) is 12.7. The second kappa shape index (κ2) is 7.25. The van der Waals surface area contributed by atoms with Gasteiger partial charge in [-0.25, -0.2) is 4.79 Å². The molecule has 1 N–H and O–H groups in total. The highest BCUT2D eigenvalue weighted by molar-refractivity contribution is 5.73. The molecule has 0 fully saturated rings. The van der Waals surface area contributed by atoms with Crippen molar-refractivity contribution >= 4 is 5.97 Å². The van der Waals surface area contributed by atoms with Crippen LogP contribution in [0.25, 0.3) is 0 Å². The number of rotatable bonds is 6. The predicted octanol–water partition coefficient (Wildman–Crippen LogP) is 3.79. The van der Waals surface area contributed by atoms with Gasteiger partial charge in [-0.1, -0.05) is 18.2 Å². The third-order valence-corrected chi connectivity index (χ3v) is 3.29. The molecule has 4 nitrogen and oxygen atoms in total. The first-order valence-corrected chi connectivity index (χ1v) is 6.99. The van der Waals surface area contributed by atoms with Crippen molar-refractivity contribution in [3.63, 3.8) is 0 Å². The standard InChI is InChI=1S/C17H15F3O4/c1-23-13-5-7-14(8-6-13)24-15(16(21)22)10-11-3-2-4-12(9-11)17(18,19)20/h2-9,15H,10H2,1H3,(H,21,22). The van der Waals surface area contributed by atoms with Crippen LogP contribution in [0.4, 0.5) is 13.2 Å². The van der Waals surface area contributed by atoms with E-state index in [1.165, 1.54) is 31.4 Å². The largest absolute Gasteiger partial charge is 0.497 e. The average molecular weight is 340 g/mol.